The van der Waals surface area contributed by atoms with E-state index in [2.05, 4.69) is 32.4 Å². The van der Waals surface area contributed by atoms with Gasteiger partial charge >= 0.3 is 0 Å². The van der Waals surface area contributed by atoms with Crippen LogP contribution in [0.2, 0.25) is 0 Å². The highest BCUT2D eigenvalue weighted by Gasteiger charge is 2.49. The number of halogens is 1. The van der Waals surface area contributed by atoms with Crippen LogP contribution in [-0.2, 0) is 4.84 Å². The van der Waals surface area contributed by atoms with Crippen molar-refractivity contribution in [1.82, 2.24) is 10.4 Å². The molecule has 1 N–H and O–H groups in total. The van der Waals surface area contributed by atoms with Gasteiger partial charge in [-0.25, -0.2) is 0 Å². The van der Waals surface area contributed by atoms with Gasteiger partial charge in [-0.05, 0) is 53.9 Å². The van der Waals surface area contributed by atoms with Gasteiger partial charge in [-0.3, -0.25) is 15.2 Å². The smallest absolute Gasteiger partial charge is 0.132 e. The number of hydrogen-bond acceptors (Lipinski definition) is 3. The Kier molecular flexibility index (Phi) is 1.73. The maximum atomic E-state index is 5.70. The fourth-order valence-corrected chi connectivity index (χ4v) is 3.22. The molecule has 72 valence electrons. The molecule has 4 aliphatic heterocycles. The average molecular weight is 245 g/mol. The number of hydrogen-bond donors (Lipinski definition) is 1. The van der Waals surface area contributed by atoms with Crippen molar-refractivity contribution in [2.75, 3.05) is 19.6 Å². The van der Waals surface area contributed by atoms with E-state index in [4.69, 9.17) is 4.84 Å². The van der Waals surface area contributed by atoms with Gasteiger partial charge in [0, 0.05) is 6.54 Å². The molecule has 2 bridgehead atoms. The van der Waals surface area contributed by atoms with Crippen molar-refractivity contribution in [2.24, 2.45) is 5.92 Å². The summed E-state index contributed by atoms with van der Waals surface area (Å²) >= 11 is 3.43. The minimum absolute atomic E-state index is 0.0324. The van der Waals surface area contributed by atoms with Gasteiger partial charge in [0.2, 0.25) is 0 Å². The summed E-state index contributed by atoms with van der Waals surface area (Å²) in [5, 5.41) is 0. The minimum atomic E-state index is -0.0324. The van der Waals surface area contributed by atoms with Crippen LogP contribution < -0.4 is 5.48 Å². The van der Waals surface area contributed by atoms with Crippen molar-refractivity contribution in [3.05, 3.63) is 10.7 Å². The fourth-order valence-electron chi connectivity index (χ4n) is 2.75. The van der Waals surface area contributed by atoms with E-state index in [9.17, 15) is 0 Å². The van der Waals surface area contributed by atoms with Crippen molar-refractivity contribution >= 4 is 15.9 Å². The Labute approximate surface area is 86.2 Å². The van der Waals surface area contributed by atoms with Crippen molar-refractivity contribution in [2.45, 2.75) is 18.4 Å². The number of nitrogens with zero attached hydrogens (tertiary/aromatic N) is 1. The molecular formula is C9H13BrN2O. The molecule has 3 saturated heterocycles. The lowest BCUT2D eigenvalue weighted by molar-refractivity contribution is -0.137. The molecule has 1 atom stereocenters. The predicted octanol–water partition coefficient (Wildman–Crippen LogP) is 1.22. The van der Waals surface area contributed by atoms with Crippen LogP contribution in [0, 0.1) is 5.92 Å². The molecule has 3 fully saturated rings. The topological polar surface area (TPSA) is 24.5 Å². The van der Waals surface area contributed by atoms with Gasteiger partial charge < -0.3 is 0 Å². The van der Waals surface area contributed by atoms with Crippen molar-refractivity contribution < 1.29 is 4.84 Å². The number of piperidine rings is 3. The molecule has 0 aliphatic carbocycles. The molecule has 13 heavy (non-hydrogen) atoms. The van der Waals surface area contributed by atoms with Crippen molar-refractivity contribution in [3.8, 4) is 0 Å². The third-order valence-electron chi connectivity index (χ3n) is 3.46. The Balaban J connectivity index is 1.92. The second-order valence-electron chi connectivity index (χ2n) is 4.20. The number of fused-ring (bicyclic) bond motifs is 2. The Morgan fingerprint density at radius 3 is 2.77 bits per heavy atom. The second-order valence-corrected chi connectivity index (χ2v) is 5.06. The van der Waals surface area contributed by atoms with Crippen LogP contribution in [0.1, 0.15) is 12.8 Å². The number of nitrogens with one attached hydrogen (secondary N) is 1. The van der Waals surface area contributed by atoms with Crippen LogP contribution in [0.25, 0.3) is 0 Å². The highest BCUT2D eigenvalue weighted by molar-refractivity contribution is 9.11. The quantitative estimate of drug-likeness (QED) is 0.649. The van der Waals surface area contributed by atoms with E-state index in [1.165, 1.54) is 25.9 Å². The minimum Gasteiger partial charge on any atom is -0.300 e. The highest BCUT2D eigenvalue weighted by atomic mass is 79.9. The zero-order valence-electron chi connectivity index (χ0n) is 7.42. The van der Waals surface area contributed by atoms with E-state index in [1.807, 2.05) is 0 Å². The van der Waals surface area contributed by atoms with Gasteiger partial charge in [0.05, 0.1) is 0 Å². The molecule has 1 unspecified atom stereocenters. The molecule has 4 heteroatoms. The summed E-state index contributed by atoms with van der Waals surface area (Å²) in [5.74, 6) is 0.708. The molecule has 0 aromatic rings. The van der Waals surface area contributed by atoms with E-state index < -0.39 is 0 Å². The highest BCUT2D eigenvalue weighted by Crippen LogP contribution is 2.41. The van der Waals surface area contributed by atoms with Crippen LogP contribution in [-0.4, -0.2) is 30.1 Å². The molecular weight excluding hydrogens is 232 g/mol. The van der Waals surface area contributed by atoms with E-state index in [0.29, 0.717) is 5.92 Å². The Hall–Kier alpha value is -0.0600. The largest absolute Gasteiger partial charge is 0.300 e. The molecule has 3 nitrogen and oxygen atoms in total. The first-order valence-electron chi connectivity index (χ1n) is 4.83. The van der Waals surface area contributed by atoms with Gasteiger partial charge in [0.15, 0.2) is 0 Å². The summed E-state index contributed by atoms with van der Waals surface area (Å²) in [7, 11) is 0. The lowest BCUT2D eigenvalue weighted by Crippen LogP contribution is -2.58. The van der Waals surface area contributed by atoms with E-state index >= 15 is 0 Å². The molecule has 4 heterocycles. The maximum absolute atomic E-state index is 5.70. The lowest BCUT2D eigenvalue weighted by Gasteiger charge is -2.49. The SMILES string of the molecule is BrC1=CC2(CN3CCC2CC3)ON1. The summed E-state index contributed by atoms with van der Waals surface area (Å²) in [5.41, 5.74) is 2.88. The Morgan fingerprint density at radius 1 is 1.54 bits per heavy atom. The van der Waals surface area contributed by atoms with Gasteiger partial charge in [0.1, 0.15) is 10.2 Å². The van der Waals surface area contributed by atoms with Crippen molar-refractivity contribution in [1.29, 1.82) is 0 Å². The Bertz CT molecular complexity index is 260. The first-order chi connectivity index (χ1) is 6.28. The van der Waals surface area contributed by atoms with Crippen LogP contribution >= 0.6 is 15.9 Å². The van der Waals surface area contributed by atoms with Crippen molar-refractivity contribution in [3.63, 3.8) is 0 Å². The first kappa shape index (κ1) is 8.26. The molecule has 0 saturated carbocycles. The molecule has 1 spiro atoms. The van der Waals surface area contributed by atoms with Gasteiger partial charge in [-0.2, -0.15) is 0 Å². The molecule has 4 rings (SSSR count). The fraction of sp³-hybridized carbons (Fsp3) is 0.778. The molecule has 0 radical (unpaired) electrons. The van der Waals surface area contributed by atoms with Crippen LogP contribution in [0.5, 0.6) is 0 Å². The summed E-state index contributed by atoms with van der Waals surface area (Å²) < 4.78 is 0.987. The maximum Gasteiger partial charge on any atom is 0.132 e. The van der Waals surface area contributed by atoms with Gasteiger partial charge in [0.25, 0.3) is 0 Å². The zero-order valence-corrected chi connectivity index (χ0v) is 9.01. The average Bonchev–Trinajstić information content (AvgIpc) is 2.49. The van der Waals surface area contributed by atoms with Gasteiger partial charge in [-0.15, -0.1) is 0 Å². The van der Waals surface area contributed by atoms with Crippen LogP contribution in [0.15, 0.2) is 10.7 Å². The number of rotatable bonds is 0. The molecule has 0 amide bonds. The number of hydroxylamine groups is 1. The van der Waals surface area contributed by atoms with E-state index in [0.717, 1.165) is 11.2 Å². The molecule has 4 aliphatic rings. The lowest BCUT2D eigenvalue weighted by atomic mass is 9.75. The molecule has 0 aromatic heterocycles. The van der Waals surface area contributed by atoms with E-state index in [-0.39, 0.29) is 5.60 Å². The second kappa shape index (κ2) is 2.72. The predicted molar refractivity (Wildman–Crippen MR) is 53.1 cm³/mol. The van der Waals surface area contributed by atoms with Crippen LogP contribution in [0.4, 0.5) is 0 Å². The standard InChI is InChI=1S/C9H13BrN2O/c10-8-5-9(13-11-8)6-12-3-1-7(9)2-4-12/h5,7,11H,1-4,6H2. The zero-order chi connectivity index (χ0) is 8.89. The Morgan fingerprint density at radius 2 is 2.31 bits per heavy atom. The summed E-state index contributed by atoms with van der Waals surface area (Å²) in [4.78, 5) is 8.19. The monoisotopic (exact) mass is 244 g/mol. The summed E-state index contributed by atoms with van der Waals surface area (Å²) in [6, 6.07) is 0. The molecule has 0 aromatic carbocycles. The normalized spacial score (nSPS) is 47.9. The third kappa shape index (κ3) is 1.16. The third-order valence-corrected chi connectivity index (χ3v) is 3.85. The summed E-state index contributed by atoms with van der Waals surface area (Å²) in [6.45, 7) is 3.56. The summed E-state index contributed by atoms with van der Waals surface area (Å²) in [6.07, 6.45) is 4.75. The van der Waals surface area contributed by atoms with E-state index in [1.54, 1.807) is 0 Å². The van der Waals surface area contributed by atoms with Gasteiger partial charge in [-0.1, -0.05) is 0 Å². The first-order valence-corrected chi connectivity index (χ1v) is 5.62. The van der Waals surface area contributed by atoms with Crippen LogP contribution in [0.3, 0.4) is 0 Å².